The van der Waals surface area contributed by atoms with Crippen LogP contribution in [0.25, 0.3) is 0 Å². The molecule has 1 unspecified atom stereocenters. The fourth-order valence-corrected chi connectivity index (χ4v) is 4.78. The highest BCUT2D eigenvalue weighted by Gasteiger charge is 2.61. The summed E-state index contributed by atoms with van der Waals surface area (Å²) < 4.78 is 29.1. The third-order valence-electron chi connectivity index (χ3n) is 5.56. The second-order valence-electron chi connectivity index (χ2n) is 6.56. The largest absolute Gasteiger partial charge is 0.462 e. The first kappa shape index (κ1) is 12.4. The minimum absolute atomic E-state index is 0.0546. The first-order valence-corrected chi connectivity index (χ1v) is 8.49. The third kappa shape index (κ3) is 1.88. The lowest BCUT2D eigenvalue weighted by molar-refractivity contribution is -0.00984. The van der Waals surface area contributed by atoms with Crippen molar-refractivity contribution < 1.29 is 12.2 Å². The normalized spacial score (nSPS) is 40.1. The molecule has 0 bridgehead atoms. The predicted octanol–water partition coefficient (Wildman–Crippen LogP) is 3.12. The van der Waals surface area contributed by atoms with E-state index in [1.54, 1.807) is 7.11 Å². The van der Waals surface area contributed by atoms with Gasteiger partial charge in [0.05, 0.1) is 8.85 Å². The monoisotopic (exact) mass is 366 g/mol. The van der Waals surface area contributed by atoms with E-state index in [0.29, 0.717) is 0 Å². The highest BCUT2D eigenvalue weighted by molar-refractivity contribution is 9.10. The highest BCUT2D eigenvalue weighted by atomic mass is 79.9. The van der Waals surface area contributed by atoms with Crippen LogP contribution in [0.3, 0.4) is 0 Å². The maximum absolute atomic E-state index is 8.62. The Morgan fingerprint density at radius 3 is 2.86 bits per heavy atom. The molecule has 4 nitrogen and oxygen atoms in total. The molecule has 118 valence electrons. The molecule has 1 atom stereocenters. The zero-order chi connectivity index (χ0) is 17.2. The van der Waals surface area contributed by atoms with Crippen LogP contribution >= 0.6 is 15.9 Å². The molecule has 0 saturated heterocycles. The maximum atomic E-state index is 8.62. The topological polar surface area (TPSA) is 56.8 Å². The zero-order valence-electron chi connectivity index (χ0n) is 14.6. The Hall–Kier alpha value is -1.07. The van der Waals surface area contributed by atoms with Crippen molar-refractivity contribution in [1.82, 2.24) is 0 Å². The summed E-state index contributed by atoms with van der Waals surface area (Å²) in [5, 5.41) is 0. The molecule has 0 radical (unpaired) electrons. The van der Waals surface area contributed by atoms with Crippen LogP contribution in [0.2, 0.25) is 0 Å². The number of nitrogens with zero attached hydrogens (tertiary/aromatic N) is 1. The molecule has 0 amide bonds. The number of hydrogen-bond donors (Lipinski definition) is 1. The van der Waals surface area contributed by atoms with Gasteiger partial charge in [0.15, 0.2) is 0 Å². The number of benzene rings is 1. The van der Waals surface area contributed by atoms with Crippen molar-refractivity contribution in [1.29, 1.82) is 0 Å². The van der Waals surface area contributed by atoms with E-state index in [4.69, 9.17) is 17.9 Å². The van der Waals surface area contributed by atoms with Crippen LogP contribution in [0.1, 0.15) is 39.6 Å². The van der Waals surface area contributed by atoms with Gasteiger partial charge < -0.3 is 15.2 Å². The number of halogens is 1. The molecule has 22 heavy (non-hydrogen) atoms. The summed E-state index contributed by atoms with van der Waals surface area (Å²) in [6.45, 7) is -1.96. The Bertz CT molecular complexity index is 717. The Kier molecular flexibility index (Phi) is 2.79. The van der Waals surface area contributed by atoms with Crippen LogP contribution < -0.4 is 5.73 Å². The molecule has 2 aliphatic carbocycles. The van der Waals surface area contributed by atoms with Crippen molar-refractivity contribution in [3.63, 3.8) is 0 Å². The molecule has 1 heterocycles. The van der Waals surface area contributed by atoms with E-state index in [2.05, 4.69) is 27.0 Å². The Balaban J connectivity index is 1.90. The predicted molar refractivity (Wildman–Crippen MR) is 88.8 cm³/mol. The van der Waals surface area contributed by atoms with Crippen molar-refractivity contribution in [2.45, 2.75) is 43.7 Å². The van der Waals surface area contributed by atoms with E-state index < -0.39 is 12.1 Å². The van der Waals surface area contributed by atoms with E-state index in [9.17, 15) is 0 Å². The Morgan fingerprint density at radius 1 is 1.45 bits per heavy atom. The number of nitrogens with two attached hydrogens (primary N) is 1. The van der Waals surface area contributed by atoms with Crippen LogP contribution in [-0.2, 0) is 21.4 Å². The van der Waals surface area contributed by atoms with Crippen LogP contribution in [-0.4, -0.2) is 25.8 Å². The van der Waals surface area contributed by atoms with Gasteiger partial charge in [0.25, 0.3) is 6.02 Å². The lowest BCUT2D eigenvalue weighted by Gasteiger charge is -2.45. The molecular formula is C17H21BrN2O2. The molecule has 2 spiro atoms. The standard InChI is InChI=1S/C17H21BrN2O2/c1-21-13-4-6-16(7-5-13)9-11-2-3-12(18)8-14(11)17(16)10-22-15(19)20-17/h2-3,8,13H,4-7,9-10H2,1H3,(H2,19,20)/t13-,16-,17?/i10D2. The number of hydrogen-bond acceptors (Lipinski definition) is 4. The van der Waals surface area contributed by atoms with Gasteiger partial charge in [-0.25, -0.2) is 4.99 Å². The lowest BCUT2D eigenvalue weighted by atomic mass is 9.62. The Labute approximate surface area is 142 Å². The third-order valence-corrected chi connectivity index (χ3v) is 6.06. The molecule has 1 fully saturated rings. The van der Waals surface area contributed by atoms with E-state index in [1.807, 2.05) is 12.1 Å². The zero-order valence-corrected chi connectivity index (χ0v) is 14.1. The summed E-state index contributed by atoms with van der Waals surface area (Å²) in [7, 11) is 1.74. The first-order valence-electron chi connectivity index (χ1n) is 8.70. The molecule has 1 saturated carbocycles. The molecule has 0 aromatic heterocycles. The van der Waals surface area contributed by atoms with Crippen molar-refractivity contribution >= 4 is 22.0 Å². The molecule has 1 aromatic carbocycles. The van der Waals surface area contributed by atoms with Gasteiger partial charge >= 0.3 is 0 Å². The summed E-state index contributed by atoms with van der Waals surface area (Å²) in [4.78, 5) is 4.62. The van der Waals surface area contributed by atoms with Gasteiger partial charge in [-0.05, 0) is 55.4 Å². The molecule has 5 heteroatoms. The smallest absolute Gasteiger partial charge is 0.283 e. The van der Waals surface area contributed by atoms with Crippen molar-refractivity contribution in [3.8, 4) is 0 Å². The molecule has 2 N–H and O–H groups in total. The number of methoxy groups -OCH3 is 1. The second kappa shape index (κ2) is 4.96. The highest BCUT2D eigenvalue weighted by Crippen LogP contribution is 2.61. The average Bonchev–Trinajstić information content (AvgIpc) is 2.93. The number of aliphatic imine (C=N–C) groups is 1. The molecule has 1 aromatic rings. The number of ether oxygens (including phenoxy) is 2. The quantitative estimate of drug-likeness (QED) is 0.830. The molecule has 3 aliphatic rings. The molecule has 1 aliphatic heterocycles. The van der Waals surface area contributed by atoms with Crippen LogP contribution in [0.5, 0.6) is 0 Å². The number of rotatable bonds is 1. The molecular weight excluding hydrogens is 344 g/mol. The van der Waals surface area contributed by atoms with Crippen LogP contribution in [0.4, 0.5) is 0 Å². The van der Waals surface area contributed by atoms with Gasteiger partial charge in [-0.3, -0.25) is 0 Å². The van der Waals surface area contributed by atoms with Crippen LogP contribution in [0.15, 0.2) is 27.7 Å². The van der Waals surface area contributed by atoms with Gasteiger partial charge in [0.1, 0.15) is 12.1 Å². The lowest BCUT2D eigenvalue weighted by Crippen LogP contribution is -2.46. The van der Waals surface area contributed by atoms with Gasteiger partial charge in [0, 0.05) is 17.0 Å². The van der Waals surface area contributed by atoms with Gasteiger partial charge in [-0.15, -0.1) is 0 Å². The SMILES string of the molecule is [2H]C1([2H])OC(N)=NC12c1cc(Br)ccc1C[C@]21CC[C@@H](OC)CC1. The van der Waals surface area contributed by atoms with E-state index >= 15 is 0 Å². The average molecular weight is 367 g/mol. The number of amidine groups is 1. The molecule has 4 rings (SSSR count). The van der Waals surface area contributed by atoms with Gasteiger partial charge in [0.2, 0.25) is 0 Å². The summed E-state index contributed by atoms with van der Waals surface area (Å²) in [6, 6.07) is 6.00. The Morgan fingerprint density at radius 2 is 2.23 bits per heavy atom. The summed E-state index contributed by atoms with van der Waals surface area (Å²) in [5.41, 5.74) is 6.49. The summed E-state index contributed by atoms with van der Waals surface area (Å²) in [6.07, 6.45) is 4.52. The minimum Gasteiger partial charge on any atom is -0.462 e. The maximum Gasteiger partial charge on any atom is 0.283 e. The number of fused-ring (bicyclic) bond motifs is 3. The van der Waals surface area contributed by atoms with Gasteiger partial charge in [-0.1, -0.05) is 22.0 Å². The van der Waals surface area contributed by atoms with Gasteiger partial charge in [-0.2, -0.15) is 0 Å². The first-order chi connectivity index (χ1) is 11.3. The van der Waals surface area contributed by atoms with Crippen LogP contribution in [0, 0.1) is 5.41 Å². The summed E-state index contributed by atoms with van der Waals surface area (Å²) >= 11 is 3.52. The van der Waals surface area contributed by atoms with Crippen molar-refractivity contribution in [2.24, 2.45) is 16.1 Å². The van der Waals surface area contributed by atoms with Crippen molar-refractivity contribution in [3.05, 3.63) is 33.8 Å². The van der Waals surface area contributed by atoms with E-state index in [-0.39, 0.29) is 17.5 Å². The summed E-state index contributed by atoms with van der Waals surface area (Å²) in [5.74, 6) is 0. The minimum atomic E-state index is -1.96. The fourth-order valence-electron chi connectivity index (χ4n) is 4.42. The van der Waals surface area contributed by atoms with E-state index in [1.165, 1.54) is 0 Å². The fraction of sp³-hybridized carbons (Fsp3) is 0.588. The van der Waals surface area contributed by atoms with Crippen molar-refractivity contribution in [2.75, 3.05) is 13.7 Å². The van der Waals surface area contributed by atoms with E-state index in [0.717, 1.165) is 47.7 Å². The second-order valence-corrected chi connectivity index (χ2v) is 7.47.